The second kappa shape index (κ2) is 9.67. The van der Waals surface area contributed by atoms with Crippen LogP contribution >= 0.6 is 11.6 Å². The van der Waals surface area contributed by atoms with Gasteiger partial charge in [-0.1, -0.05) is 18.5 Å². The number of fused-ring (bicyclic) bond motifs is 1. The smallest absolute Gasteiger partial charge is 0.262 e. The highest BCUT2D eigenvalue weighted by atomic mass is 35.5. The summed E-state index contributed by atoms with van der Waals surface area (Å²) in [5.41, 5.74) is -0.429. The molecule has 1 saturated heterocycles. The average molecular weight is 541 g/mol. The molecule has 2 fully saturated rings. The number of piperidine rings is 1. The molecule has 2 aliphatic rings. The Morgan fingerprint density at radius 1 is 1.26 bits per heavy atom. The number of nitrogens with zero attached hydrogens (tertiary/aromatic N) is 4. The summed E-state index contributed by atoms with van der Waals surface area (Å²) < 4.78 is 17.5. The van der Waals surface area contributed by atoms with Gasteiger partial charge >= 0.3 is 0 Å². The van der Waals surface area contributed by atoms with Crippen molar-refractivity contribution < 1.29 is 14.3 Å². The molecule has 1 aromatic carbocycles. The van der Waals surface area contributed by atoms with Gasteiger partial charge in [-0.05, 0) is 49.9 Å². The van der Waals surface area contributed by atoms with E-state index in [1.807, 2.05) is 11.8 Å². The molecule has 1 amide bonds. The van der Waals surface area contributed by atoms with Gasteiger partial charge in [0.05, 0.1) is 17.5 Å². The van der Waals surface area contributed by atoms with Crippen molar-refractivity contribution in [3.8, 4) is 5.69 Å². The van der Waals surface area contributed by atoms with E-state index in [1.165, 1.54) is 35.3 Å². The maximum Gasteiger partial charge on any atom is 0.262 e. The fourth-order valence-electron chi connectivity index (χ4n) is 5.05. The summed E-state index contributed by atoms with van der Waals surface area (Å²) in [5.74, 6) is -0.359. The highest BCUT2D eigenvalue weighted by molar-refractivity contribution is 6.31. The lowest BCUT2D eigenvalue weighted by molar-refractivity contribution is -0.141. The van der Waals surface area contributed by atoms with Crippen LogP contribution in [0.5, 0.6) is 0 Å². The number of allylic oxidation sites excluding steroid dienone is 1. The zero-order valence-corrected chi connectivity index (χ0v) is 22.1. The van der Waals surface area contributed by atoms with Crippen LogP contribution in [0.3, 0.4) is 0 Å². The molecular weight excluding hydrogens is 511 g/mol. The van der Waals surface area contributed by atoms with Gasteiger partial charge in [-0.15, -0.1) is 0 Å². The predicted octanol–water partition coefficient (Wildman–Crippen LogP) is 3.34. The zero-order chi connectivity index (χ0) is 27.2. The molecular formula is C27H30ClFN6O3. The molecule has 11 heteroatoms. The third-order valence-electron chi connectivity index (χ3n) is 7.68. The van der Waals surface area contributed by atoms with Gasteiger partial charge in [0.2, 0.25) is 5.91 Å². The van der Waals surface area contributed by atoms with Crippen LogP contribution in [0.15, 0.2) is 41.6 Å². The predicted molar refractivity (Wildman–Crippen MR) is 144 cm³/mol. The molecule has 0 spiro atoms. The van der Waals surface area contributed by atoms with Crippen LogP contribution < -0.4 is 10.9 Å². The van der Waals surface area contributed by atoms with Crippen molar-refractivity contribution in [2.45, 2.75) is 44.8 Å². The number of carbonyl (C=O) groups excluding carboxylic acids is 1. The second-order valence-corrected chi connectivity index (χ2v) is 10.9. The molecule has 0 unspecified atom stereocenters. The zero-order valence-electron chi connectivity index (χ0n) is 21.3. The number of rotatable bonds is 7. The quantitative estimate of drug-likeness (QED) is 0.397. The summed E-state index contributed by atoms with van der Waals surface area (Å²) in [6.07, 6.45) is 6.49. The lowest BCUT2D eigenvalue weighted by Gasteiger charge is -2.39. The van der Waals surface area contributed by atoms with E-state index in [2.05, 4.69) is 10.3 Å². The first kappa shape index (κ1) is 26.1. The lowest BCUT2D eigenvalue weighted by atomic mass is 9.90. The van der Waals surface area contributed by atoms with Crippen LogP contribution in [0.4, 0.5) is 4.39 Å². The first-order chi connectivity index (χ1) is 18.1. The number of hydrogen-bond donors (Lipinski definition) is 3. The molecule has 200 valence electrons. The van der Waals surface area contributed by atoms with Gasteiger partial charge in [0.25, 0.3) is 5.56 Å². The monoisotopic (exact) mass is 540 g/mol. The highest BCUT2D eigenvalue weighted by Crippen LogP contribution is 2.47. The van der Waals surface area contributed by atoms with Crippen LogP contribution in [0.1, 0.15) is 38.2 Å². The van der Waals surface area contributed by atoms with Crippen LogP contribution in [-0.4, -0.2) is 62.0 Å². The SMILES string of the molecule is CN/C=C(\C=N)c1cc(-n2c(Cl)cc3c(=O)n(CC4(O)CCN(C(=O)C5(C)CC5)CC4)cnc32)ccc1F. The van der Waals surface area contributed by atoms with Gasteiger partial charge in [-0.3, -0.25) is 18.7 Å². The minimum Gasteiger partial charge on any atom is -0.393 e. The van der Waals surface area contributed by atoms with Crippen molar-refractivity contribution in [2.75, 3.05) is 20.1 Å². The number of likely N-dealkylation sites (tertiary alicyclic amines) is 1. The van der Waals surface area contributed by atoms with Crippen molar-refractivity contribution in [3.05, 3.63) is 63.7 Å². The van der Waals surface area contributed by atoms with E-state index in [-0.39, 0.29) is 39.5 Å². The molecule has 3 N–H and O–H groups in total. The summed E-state index contributed by atoms with van der Waals surface area (Å²) in [6, 6.07) is 5.85. The lowest BCUT2D eigenvalue weighted by Crippen LogP contribution is -2.51. The topological polar surface area (TPSA) is 116 Å². The summed E-state index contributed by atoms with van der Waals surface area (Å²) in [4.78, 5) is 32.3. The van der Waals surface area contributed by atoms with Crippen molar-refractivity contribution in [2.24, 2.45) is 5.41 Å². The Kier molecular flexibility index (Phi) is 6.65. The molecule has 0 atom stereocenters. The second-order valence-electron chi connectivity index (χ2n) is 10.5. The summed E-state index contributed by atoms with van der Waals surface area (Å²) in [6.45, 7) is 2.93. The molecule has 9 nitrogen and oxygen atoms in total. The van der Waals surface area contributed by atoms with E-state index in [4.69, 9.17) is 17.0 Å². The number of benzene rings is 1. The molecule has 1 saturated carbocycles. The first-order valence-corrected chi connectivity index (χ1v) is 12.9. The molecule has 1 aliphatic heterocycles. The van der Waals surface area contributed by atoms with Gasteiger partial charge < -0.3 is 20.7 Å². The van der Waals surface area contributed by atoms with E-state index in [0.717, 1.165) is 19.1 Å². The molecule has 2 aromatic heterocycles. The normalized spacial score (nSPS) is 18.4. The van der Waals surface area contributed by atoms with E-state index in [0.29, 0.717) is 42.8 Å². The highest BCUT2D eigenvalue weighted by Gasteiger charge is 2.48. The van der Waals surface area contributed by atoms with Gasteiger partial charge in [-0.25, -0.2) is 9.37 Å². The third-order valence-corrected chi connectivity index (χ3v) is 7.96. The minimum absolute atomic E-state index is 0.0507. The Hall–Kier alpha value is -3.50. The van der Waals surface area contributed by atoms with Crippen LogP contribution in [-0.2, 0) is 11.3 Å². The van der Waals surface area contributed by atoms with E-state index >= 15 is 0 Å². The number of halogens is 2. The standard InChI is InChI=1S/C27H30ClFN6O3/c1-26(5-6-26)25(37)33-9-7-27(38,8-10-33)15-34-16-32-23-20(24(34)36)12-22(28)35(23)18-3-4-21(29)19(11-18)17(13-30)14-31-2/h3-4,11-14,16,30-31,38H,5-10,15H2,1-2H3/b17-14+,30-13?. The molecule has 1 aliphatic carbocycles. The molecule has 0 bridgehead atoms. The Morgan fingerprint density at radius 2 is 1.97 bits per heavy atom. The number of hydrogen-bond acceptors (Lipinski definition) is 6. The Morgan fingerprint density at radius 3 is 2.61 bits per heavy atom. The maximum atomic E-state index is 14.6. The molecule has 5 rings (SSSR count). The summed E-state index contributed by atoms with van der Waals surface area (Å²) >= 11 is 6.52. The number of aromatic nitrogens is 3. The fourth-order valence-corrected chi connectivity index (χ4v) is 5.34. The Bertz CT molecular complexity index is 1510. The summed E-state index contributed by atoms with van der Waals surface area (Å²) in [7, 11) is 1.66. The van der Waals surface area contributed by atoms with Crippen LogP contribution in [0.25, 0.3) is 22.3 Å². The molecule has 0 radical (unpaired) electrons. The van der Waals surface area contributed by atoms with Crippen LogP contribution in [0, 0.1) is 16.6 Å². The van der Waals surface area contributed by atoms with Crippen molar-refractivity contribution in [1.82, 2.24) is 24.3 Å². The number of amides is 1. The molecule has 3 aromatic rings. The van der Waals surface area contributed by atoms with Crippen molar-refractivity contribution in [1.29, 1.82) is 5.41 Å². The van der Waals surface area contributed by atoms with Crippen molar-refractivity contribution >= 4 is 40.3 Å². The molecule has 3 heterocycles. The fraction of sp³-hybridized carbons (Fsp3) is 0.407. The summed E-state index contributed by atoms with van der Waals surface area (Å²) in [5, 5.41) is 22.1. The number of aliphatic hydroxyl groups is 1. The number of nitrogens with one attached hydrogen (secondary N) is 2. The maximum absolute atomic E-state index is 14.6. The average Bonchev–Trinajstić information content (AvgIpc) is 3.56. The number of carbonyl (C=O) groups is 1. The van der Waals surface area contributed by atoms with E-state index in [1.54, 1.807) is 17.7 Å². The Labute approximate surface area is 224 Å². The Balaban J connectivity index is 1.43. The van der Waals surface area contributed by atoms with Gasteiger partial charge in [0.15, 0.2) is 5.65 Å². The minimum atomic E-state index is -1.14. The first-order valence-electron chi connectivity index (χ1n) is 12.6. The van der Waals surface area contributed by atoms with E-state index < -0.39 is 11.4 Å². The molecule has 38 heavy (non-hydrogen) atoms. The van der Waals surface area contributed by atoms with Gasteiger partial charge in [0.1, 0.15) is 17.3 Å². The van der Waals surface area contributed by atoms with Gasteiger partial charge in [0, 0.05) is 54.8 Å². The van der Waals surface area contributed by atoms with Gasteiger partial charge in [-0.2, -0.15) is 0 Å². The van der Waals surface area contributed by atoms with Crippen molar-refractivity contribution in [3.63, 3.8) is 0 Å². The van der Waals surface area contributed by atoms with E-state index in [9.17, 15) is 19.1 Å². The van der Waals surface area contributed by atoms with Crippen LogP contribution in [0.2, 0.25) is 5.15 Å². The largest absolute Gasteiger partial charge is 0.393 e. The third kappa shape index (κ3) is 4.63.